The number of benzene rings is 1. The molecule has 28 heavy (non-hydrogen) atoms. The fraction of sp³-hybridized carbons (Fsp3) is 0.316. The summed E-state index contributed by atoms with van der Waals surface area (Å²) in [4.78, 5) is 33.4. The zero-order valence-electron chi connectivity index (χ0n) is 15.5. The Hall–Kier alpha value is -2.52. The van der Waals surface area contributed by atoms with E-state index >= 15 is 0 Å². The van der Waals surface area contributed by atoms with Crippen LogP contribution in [0.3, 0.4) is 0 Å². The van der Waals surface area contributed by atoms with Gasteiger partial charge in [-0.1, -0.05) is 11.8 Å². The van der Waals surface area contributed by atoms with Crippen molar-refractivity contribution in [3.8, 4) is 5.75 Å². The topological polar surface area (TPSA) is 110 Å². The van der Waals surface area contributed by atoms with Crippen LogP contribution in [0.25, 0.3) is 11.0 Å². The Morgan fingerprint density at radius 2 is 2.21 bits per heavy atom. The molecule has 2 aromatic heterocycles. The lowest BCUT2D eigenvalue weighted by molar-refractivity contribution is -0.115. The summed E-state index contributed by atoms with van der Waals surface area (Å²) in [5.41, 5.74) is 8.69. The predicted molar refractivity (Wildman–Crippen MR) is 111 cm³/mol. The number of hydrogen-bond donors (Lipinski definition) is 3. The third-order valence-corrected chi connectivity index (χ3v) is 6.92. The highest BCUT2D eigenvalue weighted by atomic mass is 32.2. The second-order valence-corrected chi connectivity index (χ2v) is 9.03. The molecule has 0 bridgehead atoms. The second-order valence-electron chi connectivity index (χ2n) is 6.60. The van der Waals surface area contributed by atoms with Crippen LogP contribution in [-0.2, 0) is 17.6 Å². The summed E-state index contributed by atoms with van der Waals surface area (Å²) < 4.78 is 5.22. The number of H-pyrrole nitrogens is 1. The number of aromatic nitrogens is 2. The van der Waals surface area contributed by atoms with Crippen LogP contribution in [0.4, 0.5) is 5.00 Å². The molecule has 0 fully saturated rings. The minimum absolute atomic E-state index is 0.189. The molecule has 9 heteroatoms. The number of aryl methyl sites for hydroxylation is 1. The molecule has 1 aliphatic carbocycles. The van der Waals surface area contributed by atoms with Crippen molar-refractivity contribution in [2.45, 2.75) is 36.6 Å². The van der Waals surface area contributed by atoms with Crippen LogP contribution in [-0.4, -0.2) is 34.1 Å². The third kappa shape index (κ3) is 3.47. The van der Waals surface area contributed by atoms with Gasteiger partial charge in [0.1, 0.15) is 10.8 Å². The quantitative estimate of drug-likeness (QED) is 0.534. The van der Waals surface area contributed by atoms with Gasteiger partial charge in [0.15, 0.2) is 5.16 Å². The van der Waals surface area contributed by atoms with E-state index in [1.54, 1.807) is 14.0 Å². The first-order chi connectivity index (χ1) is 13.5. The molecule has 4 rings (SSSR count). The van der Waals surface area contributed by atoms with Crippen molar-refractivity contribution in [3.63, 3.8) is 0 Å². The number of methoxy groups -OCH3 is 1. The first kappa shape index (κ1) is 18.8. The number of nitrogens with zero attached hydrogens (tertiary/aromatic N) is 1. The average molecular weight is 417 g/mol. The molecule has 1 atom stereocenters. The van der Waals surface area contributed by atoms with Crippen molar-refractivity contribution in [2.75, 3.05) is 12.4 Å². The molecular formula is C19H20N4O3S2. The fourth-order valence-corrected chi connectivity index (χ4v) is 5.45. The average Bonchev–Trinajstić information content (AvgIpc) is 3.33. The number of nitrogens with one attached hydrogen (secondary N) is 2. The number of anilines is 1. The smallest absolute Gasteiger partial charge is 0.251 e. The highest BCUT2D eigenvalue weighted by molar-refractivity contribution is 8.00. The highest BCUT2D eigenvalue weighted by Gasteiger charge is 2.27. The molecule has 1 aromatic carbocycles. The van der Waals surface area contributed by atoms with Gasteiger partial charge < -0.3 is 20.8 Å². The summed E-state index contributed by atoms with van der Waals surface area (Å²) in [7, 11) is 1.61. The van der Waals surface area contributed by atoms with E-state index in [9.17, 15) is 9.59 Å². The van der Waals surface area contributed by atoms with E-state index in [1.165, 1.54) is 23.1 Å². The summed E-state index contributed by atoms with van der Waals surface area (Å²) in [5.74, 6) is 0.0647. The van der Waals surface area contributed by atoms with Crippen LogP contribution in [0, 0.1) is 0 Å². The Labute approximate surface area is 170 Å². The fourth-order valence-electron chi connectivity index (χ4n) is 3.34. The van der Waals surface area contributed by atoms with Gasteiger partial charge in [-0.2, -0.15) is 0 Å². The number of imidazole rings is 1. The van der Waals surface area contributed by atoms with Gasteiger partial charge in [-0.05, 0) is 43.9 Å². The number of rotatable bonds is 6. The van der Waals surface area contributed by atoms with Gasteiger partial charge in [-0.15, -0.1) is 11.3 Å². The van der Waals surface area contributed by atoms with E-state index in [-0.39, 0.29) is 5.91 Å². The number of carbonyl (C=O) groups excluding carboxylic acids is 2. The van der Waals surface area contributed by atoms with Crippen LogP contribution < -0.4 is 15.8 Å². The van der Waals surface area contributed by atoms with Crippen LogP contribution in [0.5, 0.6) is 5.75 Å². The van der Waals surface area contributed by atoms with Crippen molar-refractivity contribution < 1.29 is 14.3 Å². The molecule has 2 amide bonds. The minimum atomic E-state index is -0.485. The lowest BCUT2D eigenvalue weighted by Crippen LogP contribution is -2.24. The molecule has 146 valence electrons. The third-order valence-electron chi connectivity index (χ3n) is 4.73. The Balaban J connectivity index is 1.49. The first-order valence-corrected chi connectivity index (χ1v) is 10.6. The zero-order chi connectivity index (χ0) is 19.8. The summed E-state index contributed by atoms with van der Waals surface area (Å²) in [6.45, 7) is 1.80. The number of carbonyl (C=O) groups is 2. The molecule has 0 saturated heterocycles. The maximum absolute atomic E-state index is 12.7. The summed E-state index contributed by atoms with van der Waals surface area (Å²) in [5, 5.41) is 3.69. The Bertz CT molecular complexity index is 1070. The number of thiophene rings is 1. The van der Waals surface area contributed by atoms with E-state index < -0.39 is 11.2 Å². The molecule has 0 aliphatic heterocycles. The van der Waals surface area contributed by atoms with Crippen LogP contribution in [0.1, 0.15) is 34.1 Å². The minimum Gasteiger partial charge on any atom is -0.497 e. The largest absolute Gasteiger partial charge is 0.497 e. The second kappa shape index (κ2) is 7.48. The number of thioether (sulfide) groups is 1. The number of fused-ring (bicyclic) bond motifs is 2. The van der Waals surface area contributed by atoms with Crippen molar-refractivity contribution in [1.29, 1.82) is 0 Å². The van der Waals surface area contributed by atoms with Gasteiger partial charge in [0, 0.05) is 10.9 Å². The molecule has 1 unspecified atom stereocenters. The number of aromatic amines is 1. The molecule has 4 N–H and O–H groups in total. The molecule has 7 nitrogen and oxygen atoms in total. The SMILES string of the molecule is COc1ccc2nc(SC(C)C(=O)Nc3sc4c(c3C(N)=O)CCC4)[nH]c2c1. The van der Waals surface area contributed by atoms with Gasteiger partial charge in [-0.25, -0.2) is 4.98 Å². The highest BCUT2D eigenvalue weighted by Crippen LogP contribution is 2.39. The lowest BCUT2D eigenvalue weighted by Gasteiger charge is -2.10. The van der Waals surface area contributed by atoms with Gasteiger partial charge in [0.2, 0.25) is 5.91 Å². The van der Waals surface area contributed by atoms with Crippen LogP contribution >= 0.6 is 23.1 Å². The molecule has 1 aliphatic rings. The van der Waals surface area contributed by atoms with Gasteiger partial charge >= 0.3 is 0 Å². The number of hydrogen-bond acceptors (Lipinski definition) is 6. The van der Waals surface area contributed by atoms with Crippen molar-refractivity contribution in [3.05, 3.63) is 34.2 Å². The standard InChI is InChI=1S/C19H20N4O3S2/c1-9(27-19-21-12-7-6-10(26-2)8-13(12)22-19)17(25)23-18-15(16(20)24)11-4-3-5-14(11)28-18/h6-9H,3-5H2,1-2H3,(H2,20,24)(H,21,22)(H,23,25). The Morgan fingerprint density at radius 3 is 2.96 bits per heavy atom. The van der Waals surface area contributed by atoms with Gasteiger partial charge in [0.05, 0.1) is 29.0 Å². The van der Waals surface area contributed by atoms with E-state index in [0.29, 0.717) is 15.7 Å². The summed E-state index contributed by atoms with van der Waals surface area (Å²) in [6.07, 6.45) is 2.80. The van der Waals surface area contributed by atoms with Gasteiger partial charge in [-0.3, -0.25) is 9.59 Å². The number of nitrogens with two attached hydrogens (primary N) is 1. The molecule has 3 aromatic rings. The van der Waals surface area contributed by atoms with E-state index in [4.69, 9.17) is 10.5 Å². The predicted octanol–water partition coefficient (Wildman–Crippen LogP) is 3.34. The van der Waals surface area contributed by atoms with E-state index in [2.05, 4.69) is 15.3 Å². The van der Waals surface area contributed by atoms with Crippen molar-refractivity contribution >= 4 is 50.9 Å². The number of ether oxygens (including phenoxy) is 1. The molecular weight excluding hydrogens is 396 g/mol. The zero-order valence-corrected chi connectivity index (χ0v) is 17.1. The van der Waals surface area contributed by atoms with E-state index in [1.807, 2.05) is 18.2 Å². The molecule has 0 spiro atoms. The van der Waals surface area contributed by atoms with Crippen molar-refractivity contribution in [1.82, 2.24) is 9.97 Å². The lowest BCUT2D eigenvalue weighted by atomic mass is 10.1. The van der Waals surface area contributed by atoms with Gasteiger partial charge in [0.25, 0.3) is 5.91 Å². The van der Waals surface area contributed by atoms with Crippen LogP contribution in [0.15, 0.2) is 23.4 Å². The van der Waals surface area contributed by atoms with E-state index in [0.717, 1.165) is 46.5 Å². The first-order valence-electron chi connectivity index (χ1n) is 8.92. The van der Waals surface area contributed by atoms with Crippen molar-refractivity contribution in [2.24, 2.45) is 5.73 Å². The number of amides is 2. The number of primary amides is 1. The summed E-state index contributed by atoms with van der Waals surface area (Å²) >= 11 is 2.78. The monoisotopic (exact) mass is 416 g/mol. The molecule has 0 radical (unpaired) electrons. The maximum atomic E-state index is 12.7. The molecule has 2 heterocycles. The Kier molecular flexibility index (Phi) is 5.03. The normalized spacial score (nSPS) is 14.1. The summed E-state index contributed by atoms with van der Waals surface area (Å²) in [6, 6.07) is 5.57. The Morgan fingerprint density at radius 1 is 1.39 bits per heavy atom. The molecule has 0 saturated carbocycles. The maximum Gasteiger partial charge on any atom is 0.251 e. The van der Waals surface area contributed by atoms with Crippen LogP contribution in [0.2, 0.25) is 0 Å².